The third-order valence-corrected chi connectivity index (χ3v) is 3.01. The lowest BCUT2D eigenvalue weighted by Gasteiger charge is -2.01. The number of amides is 1. The van der Waals surface area contributed by atoms with Gasteiger partial charge in [0.1, 0.15) is 5.02 Å². The smallest absolute Gasteiger partial charge is 0.307 e. The number of furan rings is 1. The van der Waals surface area contributed by atoms with Crippen LogP contribution >= 0.6 is 23.2 Å². The van der Waals surface area contributed by atoms with E-state index in [0.717, 1.165) is 6.07 Å². The van der Waals surface area contributed by atoms with Crippen LogP contribution in [-0.4, -0.2) is 17.0 Å². The van der Waals surface area contributed by atoms with E-state index >= 15 is 0 Å². The molecule has 21 heavy (non-hydrogen) atoms. The Morgan fingerprint density at radius 1 is 1.38 bits per heavy atom. The van der Waals surface area contributed by atoms with E-state index in [4.69, 9.17) is 27.6 Å². The maximum absolute atomic E-state index is 11.5. The van der Waals surface area contributed by atoms with Crippen molar-refractivity contribution in [3.8, 4) is 0 Å². The van der Waals surface area contributed by atoms with Gasteiger partial charge >= 0.3 is 5.91 Å². The van der Waals surface area contributed by atoms with Gasteiger partial charge in [0.25, 0.3) is 5.69 Å². The number of nitro benzene ring substituents is 1. The summed E-state index contributed by atoms with van der Waals surface area (Å²) < 4.78 is 4.87. The van der Waals surface area contributed by atoms with E-state index in [1.165, 1.54) is 24.6 Å². The molecule has 1 amide bonds. The highest BCUT2D eigenvalue weighted by Crippen LogP contribution is 2.29. The van der Waals surface area contributed by atoms with Crippen LogP contribution in [-0.2, 0) is 0 Å². The zero-order valence-corrected chi connectivity index (χ0v) is 11.8. The number of hydrogen-bond donors (Lipinski definition) is 1. The molecule has 108 valence electrons. The SMILES string of the molecule is O=C(N/N=C\c1cc([N+](=O)[O-])c(Cl)cc1Cl)c1ccco1. The average Bonchev–Trinajstić information content (AvgIpc) is 2.94. The first-order valence-electron chi connectivity index (χ1n) is 5.49. The van der Waals surface area contributed by atoms with Crippen molar-refractivity contribution in [2.24, 2.45) is 5.10 Å². The molecule has 9 heteroatoms. The number of halogens is 2. The molecule has 0 aliphatic rings. The van der Waals surface area contributed by atoms with Crippen LogP contribution in [0.25, 0.3) is 0 Å². The van der Waals surface area contributed by atoms with E-state index in [1.807, 2.05) is 0 Å². The summed E-state index contributed by atoms with van der Waals surface area (Å²) in [6.07, 6.45) is 2.52. The largest absolute Gasteiger partial charge is 0.459 e. The van der Waals surface area contributed by atoms with Crippen molar-refractivity contribution >= 4 is 41.0 Å². The maximum atomic E-state index is 11.5. The van der Waals surface area contributed by atoms with Gasteiger partial charge in [-0.3, -0.25) is 14.9 Å². The van der Waals surface area contributed by atoms with Crippen LogP contribution in [0.1, 0.15) is 16.1 Å². The number of carbonyl (C=O) groups excluding carboxylic acids is 1. The van der Waals surface area contributed by atoms with Gasteiger partial charge in [-0.25, -0.2) is 5.43 Å². The van der Waals surface area contributed by atoms with Gasteiger partial charge in [0, 0.05) is 11.6 Å². The average molecular weight is 328 g/mol. The Labute approximate surface area is 128 Å². The Morgan fingerprint density at radius 2 is 2.14 bits per heavy atom. The summed E-state index contributed by atoms with van der Waals surface area (Å²) in [7, 11) is 0. The van der Waals surface area contributed by atoms with Crippen LogP contribution in [0.15, 0.2) is 40.0 Å². The Bertz CT molecular complexity index is 714. The normalized spacial score (nSPS) is 10.8. The molecule has 0 fully saturated rings. The molecule has 0 unspecified atom stereocenters. The third-order valence-electron chi connectivity index (χ3n) is 2.38. The zero-order chi connectivity index (χ0) is 15.4. The van der Waals surface area contributed by atoms with Gasteiger partial charge in [-0.05, 0) is 18.2 Å². The molecule has 1 N–H and O–H groups in total. The van der Waals surface area contributed by atoms with Crippen molar-refractivity contribution in [1.82, 2.24) is 5.43 Å². The second-order valence-corrected chi connectivity index (χ2v) is 4.57. The van der Waals surface area contributed by atoms with E-state index in [-0.39, 0.29) is 27.1 Å². The van der Waals surface area contributed by atoms with Gasteiger partial charge in [-0.2, -0.15) is 5.10 Å². The van der Waals surface area contributed by atoms with Crippen molar-refractivity contribution in [2.45, 2.75) is 0 Å². The standard InChI is InChI=1S/C12H7Cl2N3O4/c13-8-5-9(14)10(17(19)20)4-7(8)6-15-16-12(18)11-2-1-3-21-11/h1-6H,(H,16,18)/b15-6-. The predicted molar refractivity (Wildman–Crippen MR) is 76.9 cm³/mol. The molecule has 2 aromatic rings. The molecule has 0 saturated carbocycles. The Morgan fingerprint density at radius 3 is 2.76 bits per heavy atom. The van der Waals surface area contributed by atoms with Gasteiger partial charge < -0.3 is 4.42 Å². The molecule has 0 radical (unpaired) electrons. The molecule has 0 aliphatic carbocycles. The van der Waals surface area contributed by atoms with E-state index in [0.29, 0.717) is 0 Å². The van der Waals surface area contributed by atoms with E-state index in [1.54, 1.807) is 6.07 Å². The lowest BCUT2D eigenvalue weighted by atomic mass is 10.2. The number of carbonyl (C=O) groups is 1. The molecular weight excluding hydrogens is 321 g/mol. The van der Waals surface area contributed by atoms with E-state index < -0.39 is 10.8 Å². The van der Waals surface area contributed by atoms with Crippen LogP contribution in [0.3, 0.4) is 0 Å². The van der Waals surface area contributed by atoms with Crippen molar-refractivity contribution < 1.29 is 14.1 Å². The summed E-state index contributed by atoms with van der Waals surface area (Å²) in [5.41, 5.74) is 2.14. The summed E-state index contributed by atoms with van der Waals surface area (Å²) in [4.78, 5) is 21.7. The second kappa shape index (κ2) is 6.38. The Hall–Kier alpha value is -2.38. The molecule has 0 aliphatic heterocycles. The minimum Gasteiger partial charge on any atom is -0.459 e. The third kappa shape index (κ3) is 3.59. The first-order valence-corrected chi connectivity index (χ1v) is 6.25. The van der Waals surface area contributed by atoms with Gasteiger partial charge in [-0.15, -0.1) is 0 Å². The number of nitro groups is 1. The monoisotopic (exact) mass is 327 g/mol. The maximum Gasteiger partial charge on any atom is 0.307 e. The zero-order valence-electron chi connectivity index (χ0n) is 10.2. The molecule has 2 rings (SSSR count). The molecule has 7 nitrogen and oxygen atoms in total. The second-order valence-electron chi connectivity index (χ2n) is 3.76. The Balaban J connectivity index is 2.15. The van der Waals surface area contributed by atoms with Gasteiger partial charge in [-0.1, -0.05) is 23.2 Å². The highest BCUT2D eigenvalue weighted by atomic mass is 35.5. The summed E-state index contributed by atoms with van der Waals surface area (Å²) in [5, 5.41) is 14.5. The van der Waals surface area contributed by atoms with Crippen molar-refractivity contribution in [2.75, 3.05) is 0 Å². The lowest BCUT2D eigenvalue weighted by Crippen LogP contribution is -2.16. The highest BCUT2D eigenvalue weighted by molar-refractivity contribution is 6.37. The van der Waals surface area contributed by atoms with Crippen molar-refractivity contribution in [3.05, 3.63) is 62.0 Å². The molecule has 0 atom stereocenters. The predicted octanol–water partition coefficient (Wildman–Crippen LogP) is 3.26. The first kappa shape index (κ1) is 15.0. The minimum atomic E-state index is -0.641. The number of benzene rings is 1. The molecule has 0 bridgehead atoms. The van der Waals surface area contributed by atoms with Crippen LogP contribution in [0, 0.1) is 10.1 Å². The minimum absolute atomic E-state index is 0.0817. The van der Waals surface area contributed by atoms with Crippen LogP contribution in [0.5, 0.6) is 0 Å². The topological polar surface area (TPSA) is 97.7 Å². The van der Waals surface area contributed by atoms with Crippen LogP contribution in [0.2, 0.25) is 10.0 Å². The molecular formula is C12H7Cl2N3O4. The Kier molecular flexibility index (Phi) is 4.56. The van der Waals surface area contributed by atoms with Crippen molar-refractivity contribution in [1.29, 1.82) is 0 Å². The number of hydrogen-bond acceptors (Lipinski definition) is 5. The first-order chi connectivity index (χ1) is 9.99. The summed E-state index contributed by atoms with van der Waals surface area (Å²) in [5.74, 6) is -0.476. The van der Waals surface area contributed by atoms with Crippen LogP contribution in [0.4, 0.5) is 5.69 Å². The number of nitrogens with zero attached hydrogens (tertiary/aromatic N) is 2. The molecule has 1 aromatic heterocycles. The fourth-order valence-corrected chi connectivity index (χ4v) is 1.92. The van der Waals surface area contributed by atoms with Gasteiger partial charge in [0.05, 0.1) is 22.4 Å². The molecule has 0 saturated heterocycles. The van der Waals surface area contributed by atoms with E-state index in [9.17, 15) is 14.9 Å². The lowest BCUT2D eigenvalue weighted by molar-refractivity contribution is -0.384. The quantitative estimate of drug-likeness (QED) is 0.529. The number of rotatable bonds is 4. The molecule has 1 heterocycles. The van der Waals surface area contributed by atoms with E-state index in [2.05, 4.69) is 10.5 Å². The molecule has 0 spiro atoms. The van der Waals surface area contributed by atoms with Crippen LogP contribution < -0.4 is 5.43 Å². The fourth-order valence-electron chi connectivity index (χ4n) is 1.42. The number of nitrogens with one attached hydrogen (secondary N) is 1. The van der Waals surface area contributed by atoms with Crippen molar-refractivity contribution in [3.63, 3.8) is 0 Å². The summed E-state index contributed by atoms with van der Waals surface area (Å²) >= 11 is 11.6. The summed E-state index contributed by atoms with van der Waals surface area (Å²) in [6, 6.07) is 5.41. The molecule has 1 aromatic carbocycles. The van der Waals surface area contributed by atoms with Gasteiger partial charge in [0.2, 0.25) is 0 Å². The summed E-state index contributed by atoms with van der Waals surface area (Å²) in [6.45, 7) is 0. The van der Waals surface area contributed by atoms with Gasteiger partial charge in [0.15, 0.2) is 5.76 Å². The highest BCUT2D eigenvalue weighted by Gasteiger charge is 2.15. The fraction of sp³-hybridized carbons (Fsp3) is 0. The number of hydrazone groups is 1.